The highest BCUT2D eigenvalue weighted by Crippen LogP contribution is 2.55. The molecule has 272 valence electrons. The molecule has 6 nitrogen and oxygen atoms in total. The Bertz CT molecular complexity index is 3140. The van der Waals surface area contributed by atoms with E-state index < -0.39 is 0 Å². The molecule has 0 atom stereocenters. The number of hydrogen-bond acceptors (Lipinski definition) is 5. The third kappa shape index (κ3) is 4.26. The summed E-state index contributed by atoms with van der Waals surface area (Å²) in [5, 5.41) is 3.46. The van der Waals surface area contributed by atoms with Gasteiger partial charge < -0.3 is 14.4 Å². The van der Waals surface area contributed by atoms with Crippen LogP contribution < -0.4 is 19.8 Å². The minimum absolute atomic E-state index is 0.107. The molecule has 0 radical (unpaired) electrons. The quantitative estimate of drug-likeness (QED) is 0.133. The first-order valence-electron chi connectivity index (χ1n) is 19.8. The van der Waals surface area contributed by atoms with Crippen molar-refractivity contribution in [1.29, 1.82) is 0 Å². The monoisotopic (exact) mass is 735 g/mol. The van der Waals surface area contributed by atoms with E-state index in [1.807, 2.05) is 12.3 Å². The van der Waals surface area contributed by atoms with E-state index in [9.17, 15) is 0 Å². The van der Waals surface area contributed by atoms with Crippen molar-refractivity contribution >= 4 is 62.6 Å². The van der Waals surface area contributed by atoms with Crippen LogP contribution in [-0.4, -0.2) is 21.4 Å². The molecule has 57 heavy (non-hydrogen) atoms. The number of anilines is 4. The molecule has 0 saturated carbocycles. The topological polar surface area (TPSA) is 45.9 Å². The van der Waals surface area contributed by atoms with Gasteiger partial charge in [-0.05, 0) is 70.5 Å². The van der Waals surface area contributed by atoms with Crippen LogP contribution in [0.25, 0.3) is 49.7 Å². The molecule has 0 aliphatic carbocycles. The average Bonchev–Trinajstić information content (AvgIpc) is 3.82. The largest absolute Gasteiger partial charge is 0.457 e. The molecule has 6 heterocycles. The lowest BCUT2D eigenvalue weighted by atomic mass is 9.59. The van der Waals surface area contributed by atoms with Gasteiger partial charge in [-0.1, -0.05) is 125 Å². The fraction of sp³-hybridized carbons (Fsp3) is 0.120. The zero-order chi connectivity index (χ0) is 38.2. The normalized spacial score (nSPS) is 15.5. The Labute approximate surface area is 331 Å². The lowest BCUT2D eigenvalue weighted by Gasteiger charge is -2.46. The summed E-state index contributed by atoms with van der Waals surface area (Å²) in [5.74, 6) is 2.40. The molecule has 12 rings (SSSR count). The van der Waals surface area contributed by atoms with Crippen LogP contribution in [0.1, 0.15) is 39.0 Å². The molecule has 3 aliphatic rings. The molecule has 3 aromatic heterocycles. The second kappa shape index (κ2) is 11.4. The van der Waals surface area contributed by atoms with Crippen molar-refractivity contribution in [2.45, 2.75) is 38.5 Å². The summed E-state index contributed by atoms with van der Waals surface area (Å²) < 4.78 is 9.33. The van der Waals surface area contributed by atoms with Crippen LogP contribution in [0, 0.1) is 0 Å². The number of pyridine rings is 2. The number of imidazole rings is 1. The van der Waals surface area contributed by atoms with Gasteiger partial charge in [0.15, 0.2) is 0 Å². The smallest absolute Gasteiger partial charge is 0.422 e. The molecule has 0 amide bonds. The van der Waals surface area contributed by atoms with E-state index in [-0.39, 0.29) is 17.8 Å². The Morgan fingerprint density at radius 2 is 1.32 bits per heavy atom. The number of fused-ring (bicyclic) bond motifs is 11. The Morgan fingerprint density at radius 3 is 2.16 bits per heavy atom. The van der Waals surface area contributed by atoms with E-state index in [1.54, 1.807) is 0 Å². The minimum atomic E-state index is -0.210. The fourth-order valence-corrected chi connectivity index (χ4v) is 9.98. The third-order valence-corrected chi connectivity index (χ3v) is 13.3. The highest BCUT2D eigenvalue weighted by atomic mass is 16.5. The molecule has 0 unspecified atom stereocenters. The van der Waals surface area contributed by atoms with Gasteiger partial charge in [-0.25, -0.2) is 9.97 Å². The summed E-state index contributed by atoms with van der Waals surface area (Å²) >= 11 is 0. The van der Waals surface area contributed by atoms with Crippen LogP contribution in [0.3, 0.4) is 0 Å². The number of aromatic nitrogens is 3. The van der Waals surface area contributed by atoms with E-state index in [0.717, 1.165) is 51.0 Å². The van der Waals surface area contributed by atoms with Crippen molar-refractivity contribution < 1.29 is 4.74 Å². The lowest BCUT2D eigenvalue weighted by molar-refractivity contribution is 0.289. The van der Waals surface area contributed by atoms with Crippen molar-refractivity contribution in [3.05, 3.63) is 169 Å². The third-order valence-electron chi connectivity index (χ3n) is 13.3. The van der Waals surface area contributed by atoms with Gasteiger partial charge >= 0.3 is 6.98 Å². The van der Waals surface area contributed by atoms with Crippen molar-refractivity contribution in [1.82, 2.24) is 14.4 Å². The first-order valence-corrected chi connectivity index (χ1v) is 19.8. The van der Waals surface area contributed by atoms with Gasteiger partial charge in [0.05, 0.1) is 28.3 Å². The van der Waals surface area contributed by atoms with E-state index in [0.29, 0.717) is 0 Å². The first-order chi connectivity index (χ1) is 27.8. The summed E-state index contributed by atoms with van der Waals surface area (Å²) in [5.41, 5.74) is 13.7. The van der Waals surface area contributed by atoms with E-state index >= 15 is 0 Å². The second-order valence-electron chi connectivity index (χ2n) is 16.7. The number of para-hydroxylation sites is 2. The Balaban J connectivity index is 1.04. The predicted molar refractivity (Wildman–Crippen MR) is 234 cm³/mol. The molecule has 9 aromatic rings. The van der Waals surface area contributed by atoms with Crippen LogP contribution >= 0.6 is 0 Å². The van der Waals surface area contributed by atoms with Gasteiger partial charge in [-0.15, -0.1) is 0 Å². The van der Waals surface area contributed by atoms with Gasteiger partial charge in [0.2, 0.25) is 0 Å². The number of nitrogens with zero attached hydrogens (tertiary/aromatic N) is 5. The van der Waals surface area contributed by atoms with Gasteiger partial charge in [-0.3, -0.25) is 4.40 Å². The Kier molecular flexibility index (Phi) is 6.46. The highest BCUT2D eigenvalue weighted by molar-refractivity contribution is 6.86. The van der Waals surface area contributed by atoms with Crippen LogP contribution in [0.4, 0.5) is 22.9 Å². The number of benzene rings is 6. The molecule has 3 aliphatic heterocycles. The SMILES string of the molecule is CC1(C)c2cccc3c4ccc(Oc5ccc6c(c5)N(c5ccccn5)B5c7ccccc7-c7ccccc7N56)cc4c4nc(-c5ccccc5)c(n4c23)C1(C)C. The van der Waals surface area contributed by atoms with Crippen LogP contribution in [-0.2, 0) is 10.8 Å². The second-order valence-corrected chi connectivity index (χ2v) is 16.7. The fourth-order valence-electron chi connectivity index (χ4n) is 9.98. The summed E-state index contributed by atoms with van der Waals surface area (Å²) in [7, 11) is 0. The summed E-state index contributed by atoms with van der Waals surface area (Å²) in [6.07, 6.45) is 1.87. The summed E-state index contributed by atoms with van der Waals surface area (Å²) in [4.78, 5) is 15.2. The Morgan fingerprint density at radius 1 is 0.561 bits per heavy atom. The maximum Gasteiger partial charge on any atom is 0.422 e. The number of ether oxygens (including phenoxy) is 1. The van der Waals surface area contributed by atoms with Crippen molar-refractivity contribution in [2.75, 3.05) is 9.62 Å². The summed E-state index contributed by atoms with van der Waals surface area (Å²) in [6, 6.07) is 54.0. The molecule has 0 fully saturated rings. The standard InChI is InChI=1S/C50H38BN5O/c1-49(2)39-20-14-19-37-34-26-24-32(29-38(34)48-53-45(31-15-6-5-7-16-31)47(50(49,3)4)54(48)46(37)39)57-33-25-27-42-43(30-33)56(44-23-12-13-28-52-44)51-40-21-10-8-17-35(40)36-18-9-11-22-41(36)55(42)51/h5-30H,1-4H3. The predicted octanol–water partition coefficient (Wildman–Crippen LogP) is 11.7. The van der Waals surface area contributed by atoms with Crippen LogP contribution in [0.2, 0.25) is 0 Å². The molecule has 7 heteroatoms. The van der Waals surface area contributed by atoms with Gasteiger partial charge in [-0.2, -0.15) is 0 Å². The number of rotatable bonds is 4. The number of hydrogen-bond donors (Lipinski definition) is 0. The van der Waals surface area contributed by atoms with Gasteiger partial charge in [0, 0.05) is 50.7 Å². The van der Waals surface area contributed by atoms with Crippen molar-refractivity contribution in [3.63, 3.8) is 0 Å². The maximum atomic E-state index is 6.88. The van der Waals surface area contributed by atoms with Crippen molar-refractivity contribution in [3.8, 4) is 33.9 Å². The molecule has 0 N–H and O–H groups in total. The highest BCUT2D eigenvalue weighted by Gasteiger charge is 2.49. The van der Waals surface area contributed by atoms with Crippen molar-refractivity contribution in [2.24, 2.45) is 0 Å². The van der Waals surface area contributed by atoms with Gasteiger partial charge in [0.25, 0.3) is 0 Å². The molecular formula is C50H38BN5O. The molecular weight excluding hydrogens is 697 g/mol. The van der Waals surface area contributed by atoms with Gasteiger partial charge in [0.1, 0.15) is 23.0 Å². The zero-order valence-electron chi connectivity index (χ0n) is 32.2. The Hall–Kier alpha value is -6.86. The molecule has 6 aromatic carbocycles. The van der Waals surface area contributed by atoms with E-state index in [2.05, 4.69) is 187 Å². The molecule has 0 spiro atoms. The van der Waals surface area contributed by atoms with Crippen LogP contribution in [0.5, 0.6) is 11.5 Å². The zero-order valence-corrected chi connectivity index (χ0v) is 32.2. The molecule has 0 saturated heterocycles. The van der Waals surface area contributed by atoms with E-state index in [1.165, 1.54) is 49.8 Å². The average molecular weight is 736 g/mol. The first kappa shape index (κ1) is 32.4. The summed E-state index contributed by atoms with van der Waals surface area (Å²) in [6.45, 7) is 9.41. The lowest BCUT2D eigenvalue weighted by Crippen LogP contribution is -2.55. The maximum absolute atomic E-state index is 6.88. The van der Waals surface area contributed by atoms with E-state index in [4.69, 9.17) is 14.7 Å². The minimum Gasteiger partial charge on any atom is -0.457 e. The molecule has 0 bridgehead atoms. The van der Waals surface area contributed by atoms with Crippen LogP contribution in [0.15, 0.2) is 158 Å².